The Balaban J connectivity index is 1.88. The van der Waals surface area contributed by atoms with E-state index >= 15 is 0 Å². The lowest BCUT2D eigenvalue weighted by Gasteiger charge is -2.22. The molecule has 1 saturated carbocycles. The Labute approximate surface area is 119 Å². The van der Waals surface area contributed by atoms with E-state index in [4.69, 9.17) is 0 Å². The predicted molar refractivity (Wildman–Crippen MR) is 70.5 cm³/mol. The van der Waals surface area contributed by atoms with Gasteiger partial charge in [0.1, 0.15) is 5.69 Å². The van der Waals surface area contributed by atoms with E-state index in [0.29, 0.717) is 6.54 Å². The highest BCUT2D eigenvalue weighted by atomic mass is 19.4. The van der Waals surface area contributed by atoms with Gasteiger partial charge < -0.3 is 4.90 Å². The van der Waals surface area contributed by atoms with Gasteiger partial charge in [0.05, 0.1) is 0 Å². The van der Waals surface area contributed by atoms with Crippen molar-refractivity contribution in [3.63, 3.8) is 0 Å². The number of halogens is 3. The molecule has 0 N–H and O–H groups in total. The number of aromatic nitrogens is 3. The minimum Gasteiger partial charge on any atom is -0.333 e. The summed E-state index contributed by atoms with van der Waals surface area (Å²) in [5, 5.41) is 0. The van der Waals surface area contributed by atoms with Gasteiger partial charge in [-0.15, -0.1) is 0 Å². The Bertz CT molecular complexity index is 611. The Morgan fingerprint density at radius 1 is 1.19 bits per heavy atom. The molecule has 0 unspecified atom stereocenters. The highest BCUT2D eigenvalue weighted by Crippen LogP contribution is 2.33. The van der Waals surface area contributed by atoms with Gasteiger partial charge in [-0.3, -0.25) is 4.98 Å². The molecule has 0 aliphatic heterocycles. The van der Waals surface area contributed by atoms with Crippen LogP contribution in [-0.4, -0.2) is 21.0 Å². The molecule has 21 heavy (non-hydrogen) atoms. The van der Waals surface area contributed by atoms with Crippen molar-refractivity contribution in [1.29, 1.82) is 0 Å². The molecule has 4 nitrogen and oxygen atoms in total. The molecule has 7 heteroatoms. The zero-order chi connectivity index (χ0) is 14.9. The summed E-state index contributed by atoms with van der Waals surface area (Å²) in [5.74, 6) is 0.121. The maximum Gasteiger partial charge on any atom is 0.433 e. The molecule has 1 fully saturated rings. The number of anilines is 1. The SMILES string of the molecule is FC(F)(F)c1ccnc(N(Cc2cccnc2)C2CC2)n1. The van der Waals surface area contributed by atoms with E-state index in [0.717, 1.165) is 30.7 Å². The molecule has 1 aliphatic rings. The van der Waals surface area contributed by atoms with Gasteiger partial charge in [-0.05, 0) is 30.5 Å². The summed E-state index contributed by atoms with van der Waals surface area (Å²) in [4.78, 5) is 13.5. The van der Waals surface area contributed by atoms with Crippen LogP contribution in [0.5, 0.6) is 0 Å². The van der Waals surface area contributed by atoms with Crippen LogP contribution < -0.4 is 4.90 Å². The van der Waals surface area contributed by atoms with Crippen LogP contribution in [0.4, 0.5) is 19.1 Å². The molecule has 0 atom stereocenters. The third kappa shape index (κ3) is 3.29. The minimum atomic E-state index is -4.46. The third-order valence-electron chi connectivity index (χ3n) is 3.25. The monoisotopic (exact) mass is 294 g/mol. The predicted octanol–water partition coefficient (Wildman–Crippen LogP) is 3.06. The van der Waals surface area contributed by atoms with Crippen molar-refractivity contribution in [1.82, 2.24) is 15.0 Å². The van der Waals surface area contributed by atoms with E-state index in [-0.39, 0.29) is 12.0 Å². The van der Waals surface area contributed by atoms with Crippen LogP contribution in [0.3, 0.4) is 0 Å². The number of alkyl halides is 3. The van der Waals surface area contributed by atoms with Gasteiger partial charge in [-0.1, -0.05) is 6.07 Å². The molecule has 0 spiro atoms. The fourth-order valence-corrected chi connectivity index (χ4v) is 2.08. The summed E-state index contributed by atoms with van der Waals surface area (Å²) in [6.07, 6.45) is 1.94. The first-order valence-electron chi connectivity index (χ1n) is 6.60. The molecule has 0 saturated heterocycles. The lowest BCUT2D eigenvalue weighted by Crippen LogP contribution is -2.28. The van der Waals surface area contributed by atoms with E-state index < -0.39 is 11.9 Å². The smallest absolute Gasteiger partial charge is 0.333 e. The lowest BCUT2D eigenvalue weighted by molar-refractivity contribution is -0.141. The van der Waals surface area contributed by atoms with Crippen LogP contribution >= 0.6 is 0 Å². The average Bonchev–Trinajstić information content (AvgIpc) is 3.30. The summed E-state index contributed by atoms with van der Waals surface area (Å²) in [5.41, 5.74) is 0.00903. The zero-order valence-corrected chi connectivity index (χ0v) is 11.1. The number of nitrogens with zero attached hydrogens (tertiary/aromatic N) is 4. The molecular formula is C14H13F3N4. The standard InChI is InChI=1S/C14H13F3N4/c15-14(16,17)12-5-7-19-13(20-12)21(11-3-4-11)9-10-2-1-6-18-8-10/h1-2,5-8,11H,3-4,9H2. The summed E-state index contributed by atoms with van der Waals surface area (Å²) in [6.45, 7) is 0.458. The van der Waals surface area contributed by atoms with Gasteiger partial charge in [-0.2, -0.15) is 13.2 Å². The molecule has 0 bridgehead atoms. The van der Waals surface area contributed by atoms with Crippen LogP contribution in [0.1, 0.15) is 24.1 Å². The molecule has 3 rings (SSSR count). The highest BCUT2D eigenvalue weighted by Gasteiger charge is 2.35. The summed E-state index contributed by atoms with van der Waals surface area (Å²) >= 11 is 0. The van der Waals surface area contributed by atoms with Crippen molar-refractivity contribution in [2.45, 2.75) is 31.6 Å². The van der Waals surface area contributed by atoms with E-state index in [9.17, 15) is 13.2 Å². The van der Waals surface area contributed by atoms with E-state index in [1.165, 1.54) is 0 Å². The molecule has 110 valence electrons. The van der Waals surface area contributed by atoms with Crippen molar-refractivity contribution in [2.24, 2.45) is 0 Å². The second-order valence-electron chi connectivity index (χ2n) is 4.96. The second kappa shape index (κ2) is 5.31. The summed E-state index contributed by atoms with van der Waals surface area (Å²) in [7, 11) is 0. The quantitative estimate of drug-likeness (QED) is 0.869. The van der Waals surface area contributed by atoms with Crippen molar-refractivity contribution >= 4 is 5.95 Å². The molecule has 2 heterocycles. The van der Waals surface area contributed by atoms with Crippen LogP contribution in [-0.2, 0) is 12.7 Å². The Kier molecular flexibility index (Phi) is 3.48. The van der Waals surface area contributed by atoms with Crippen LogP contribution in [0.15, 0.2) is 36.8 Å². The van der Waals surface area contributed by atoms with Crippen molar-refractivity contribution in [3.05, 3.63) is 48.0 Å². The molecule has 0 amide bonds. The first kappa shape index (κ1) is 13.8. The van der Waals surface area contributed by atoms with Gasteiger partial charge in [0.15, 0.2) is 0 Å². The molecule has 0 aromatic carbocycles. The Hall–Kier alpha value is -2.18. The Morgan fingerprint density at radius 2 is 2.00 bits per heavy atom. The van der Waals surface area contributed by atoms with Gasteiger partial charge >= 0.3 is 6.18 Å². The van der Waals surface area contributed by atoms with E-state index in [1.54, 1.807) is 18.5 Å². The first-order valence-corrected chi connectivity index (χ1v) is 6.60. The second-order valence-corrected chi connectivity index (χ2v) is 4.96. The van der Waals surface area contributed by atoms with E-state index in [1.807, 2.05) is 11.0 Å². The third-order valence-corrected chi connectivity index (χ3v) is 3.25. The van der Waals surface area contributed by atoms with Crippen LogP contribution in [0.2, 0.25) is 0 Å². The van der Waals surface area contributed by atoms with Gasteiger partial charge in [0.25, 0.3) is 0 Å². The van der Waals surface area contributed by atoms with Crippen LogP contribution in [0.25, 0.3) is 0 Å². The fraction of sp³-hybridized carbons (Fsp3) is 0.357. The summed E-state index contributed by atoms with van der Waals surface area (Å²) in [6, 6.07) is 4.77. The topological polar surface area (TPSA) is 41.9 Å². The van der Waals surface area contributed by atoms with Gasteiger partial charge in [0, 0.05) is 31.2 Å². The minimum absolute atomic E-state index is 0.121. The Morgan fingerprint density at radius 3 is 2.62 bits per heavy atom. The first-order chi connectivity index (χ1) is 10.0. The number of pyridine rings is 1. The zero-order valence-electron chi connectivity index (χ0n) is 11.1. The van der Waals surface area contributed by atoms with Crippen molar-refractivity contribution in [3.8, 4) is 0 Å². The number of hydrogen-bond acceptors (Lipinski definition) is 4. The number of hydrogen-bond donors (Lipinski definition) is 0. The highest BCUT2D eigenvalue weighted by molar-refractivity contribution is 5.36. The number of rotatable bonds is 4. The van der Waals surface area contributed by atoms with Crippen molar-refractivity contribution < 1.29 is 13.2 Å². The normalized spacial score (nSPS) is 15.0. The molecule has 2 aromatic heterocycles. The molecular weight excluding hydrogens is 281 g/mol. The van der Waals surface area contributed by atoms with E-state index in [2.05, 4.69) is 15.0 Å². The summed E-state index contributed by atoms with van der Waals surface area (Å²) < 4.78 is 38.3. The molecule has 1 aliphatic carbocycles. The largest absolute Gasteiger partial charge is 0.433 e. The van der Waals surface area contributed by atoms with Crippen LogP contribution in [0, 0.1) is 0 Å². The van der Waals surface area contributed by atoms with Gasteiger partial charge in [0.2, 0.25) is 5.95 Å². The molecule has 2 aromatic rings. The fourth-order valence-electron chi connectivity index (χ4n) is 2.08. The lowest BCUT2D eigenvalue weighted by atomic mass is 10.2. The average molecular weight is 294 g/mol. The molecule has 0 radical (unpaired) electrons. The van der Waals surface area contributed by atoms with Gasteiger partial charge in [-0.25, -0.2) is 9.97 Å². The maximum atomic E-state index is 12.8. The van der Waals surface area contributed by atoms with Crippen molar-refractivity contribution in [2.75, 3.05) is 4.90 Å². The maximum absolute atomic E-state index is 12.8.